The van der Waals surface area contributed by atoms with Gasteiger partial charge in [0.2, 0.25) is 10.0 Å². The summed E-state index contributed by atoms with van der Waals surface area (Å²) in [6.07, 6.45) is 3.12. The number of nitrogens with zero attached hydrogens (tertiary/aromatic N) is 1. The minimum atomic E-state index is -3.40. The number of aromatic nitrogens is 1. The van der Waals surface area contributed by atoms with Crippen molar-refractivity contribution in [3.8, 4) is 0 Å². The van der Waals surface area contributed by atoms with Crippen LogP contribution in [0.4, 0.5) is 5.82 Å². The van der Waals surface area contributed by atoms with E-state index in [0.717, 1.165) is 12.8 Å². The monoisotopic (exact) mass is 227 g/mol. The molecule has 1 aromatic rings. The second-order valence-electron chi connectivity index (χ2n) is 3.77. The lowest BCUT2D eigenvalue weighted by molar-refractivity contribution is 0.580. The summed E-state index contributed by atoms with van der Waals surface area (Å²) in [7, 11) is -3.40. The zero-order valence-electron chi connectivity index (χ0n) is 8.40. The standard InChI is InChI=1S/C9H13N3O2S/c1-6-4-8(5-11-9(6)10)15(13,14)12-7-2-3-7/h4-5,7,12H,2-3H2,1H3,(H2,10,11). The van der Waals surface area contributed by atoms with Crippen LogP contribution in [0.1, 0.15) is 18.4 Å². The quantitative estimate of drug-likeness (QED) is 0.783. The molecule has 0 atom stereocenters. The second-order valence-corrected chi connectivity index (χ2v) is 5.48. The van der Waals surface area contributed by atoms with Gasteiger partial charge in [-0.3, -0.25) is 0 Å². The first-order chi connectivity index (χ1) is 6.99. The van der Waals surface area contributed by atoms with E-state index in [1.807, 2.05) is 0 Å². The van der Waals surface area contributed by atoms with Crippen LogP contribution in [0, 0.1) is 6.92 Å². The molecule has 0 unspecified atom stereocenters. The maximum atomic E-state index is 11.8. The molecule has 0 aromatic carbocycles. The molecule has 0 spiro atoms. The van der Waals surface area contributed by atoms with E-state index in [0.29, 0.717) is 11.4 Å². The third-order valence-electron chi connectivity index (χ3n) is 2.30. The van der Waals surface area contributed by atoms with Gasteiger partial charge >= 0.3 is 0 Å². The van der Waals surface area contributed by atoms with E-state index in [-0.39, 0.29) is 10.9 Å². The molecule has 1 aliphatic rings. The Labute approximate surface area is 88.8 Å². The number of sulfonamides is 1. The number of hydrogen-bond acceptors (Lipinski definition) is 4. The number of hydrogen-bond donors (Lipinski definition) is 2. The van der Waals surface area contributed by atoms with Crippen molar-refractivity contribution in [2.45, 2.75) is 30.7 Å². The summed E-state index contributed by atoms with van der Waals surface area (Å²) in [5.41, 5.74) is 6.19. The molecular weight excluding hydrogens is 214 g/mol. The molecule has 1 aromatic heterocycles. The fourth-order valence-corrected chi connectivity index (χ4v) is 2.53. The number of rotatable bonds is 3. The van der Waals surface area contributed by atoms with Gasteiger partial charge in [0.1, 0.15) is 10.7 Å². The SMILES string of the molecule is Cc1cc(S(=O)(=O)NC2CC2)cnc1N. The zero-order valence-corrected chi connectivity index (χ0v) is 9.21. The fraction of sp³-hybridized carbons (Fsp3) is 0.444. The van der Waals surface area contributed by atoms with Gasteiger partial charge in [-0.05, 0) is 31.4 Å². The van der Waals surface area contributed by atoms with Crippen molar-refractivity contribution in [2.24, 2.45) is 0 Å². The van der Waals surface area contributed by atoms with Gasteiger partial charge in [-0.25, -0.2) is 18.1 Å². The average molecular weight is 227 g/mol. The van der Waals surface area contributed by atoms with E-state index < -0.39 is 10.0 Å². The van der Waals surface area contributed by atoms with Crippen LogP contribution in [0.5, 0.6) is 0 Å². The maximum Gasteiger partial charge on any atom is 0.242 e. The van der Waals surface area contributed by atoms with Gasteiger partial charge in [-0.1, -0.05) is 0 Å². The highest BCUT2D eigenvalue weighted by atomic mass is 32.2. The summed E-state index contributed by atoms with van der Waals surface area (Å²) >= 11 is 0. The normalized spacial score (nSPS) is 16.6. The van der Waals surface area contributed by atoms with Gasteiger partial charge in [0, 0.05) is 12.2 Å². The van der Waals surface area contributed by atoms with Gasteiger partial charge in [0.15, 0.2) is 0 Å². The summed E-state index contributed by atoms with van der Waals surface area (Å²) in [5, 5.41) is 0. The molecule has 1 fully saturated rings. The highest BCUT2D eigenvalue weighted by Crippen LogP contribution is 2.22. The molecule has 0 radical (unpaired) electrons. The molecule has 6 heteroatoms. The predicted octanol–water partition coefficient (Wildman–Crippen LogP) is 0.413. The highest BCUT2D eigenvalue weighted by Gasteiger charge is 2.28. The minimum Gasteiger partial charge on any atom is -0.383 e. The molecule has 1 saturated carbocycles. The van der Waals surface area contributed by atoms with Gasteiger partial charge in [-0.2, -0.15) is 0 Å². The number of pyridine rings is 1. The largest absolute Gasteiger partial charge is 0.383 e. The summed E-state index contributed by atoms with van der Waals surface area (Å²) in [4.78, 5) is 4.01. The Bertz CT molecular complexity index is 480. The Kier molecular flexibility index (Phi) is 2.40. The van der Waals surface area contributed by atoms with Crippen LogP contribution < -0.4 is 10.5 Å². The van der Waals surface area contributed by atoms with Crippen LogP contribution >= 0.6 is 0 Å². The lowest BCUT2D eigenvalue weighted by Gasteiger charge is -2.06. The van der Waals surface area contributed by atoms with Crippen LogP contribution in [-0.4, -0.2) is 19.4 Å². The summed E-state index contributed by atoms with van der Waals surface area (Å²) in [6.45, 7) is 1.73. The van der Waals surface area contributed by atoms with Crippen molar-refractivity contribution in [1.82, 2.24) is 9.71 Å². The first-order valence-electron chi connectivity index (χ1n) is 4.73. The van der Waals surface area contributed by atoms with Crippen molar-refractivity contribution in [2.75, 3.05) is 5.73 Å². The van der Waals surface area contributed by atoms with Crippen LogP contribution in [0.3, 0.4) is 0 Å². The van der Waals surface area contributed by atoms with Crippen molar-refractivity contribution in [1.29, 1.82) is 0 Å². The Morgan fingerprint density at radius 3 is 2.73 bits per heavy atom. The summed E-state index contributed by atoms with van der Waals surface area (Å²) < 4.78 is 26.1. The van der Waals surface area contributed by atoms with Crippen molar-refractivity contribution < 1.29 is 8.42 Å². The van der Waals surface area contributed by atoms with Crippen LogP contribution in [0.15, 0.2) is 17.2 Å². The number of nitrogen functional groups attached to an aromatic ring is 1. The average Bonchev–Trinajstić information content (AvgIpc) is 2.92. The first kappa shape index (κ1) is 10.4. The van der Waals surface area contributed by atoms with Crippen LogP contribution in [0.25, 0.3) is 0 Å². The Morgan fingerprint density at radius 2 is 2.20 bits per heavy atom. The zero-order chi connectivity index (χ0) is 11.1. The third kappa shape index (κ3) is 2.27. The van der Waals surface area contributed by atoms with Gasteiger partial charge in [0.05, 0.1) is 0 Å². The number of anilines is 1. The molecule has 1 aliphatic carbocycles. The molecule has 1 heterocycles. The van der Waals surface area contributed by atoms with Crippen molar-refractivity contribution in [3.63, 3.8) is 0 Å². The number of nitrogens with one attached hydrogen (secondary N) is 1. The smallest absolute Gasteiger partial charge is 0.242 e. The van der Waals surface area contributed by atoms with E-state index in [4.69, 9.17) is 5.73 Å². The lowest BCUT2D eigenvalue weighted by Crippen LogP contribution is -2.26. The fourth-order valence-electron chi connectivity index (χ4n) is 1.20. The van der Waals surface area contributed by atoms with Crippen LogP contribution in [0.2, 0.25) is 0 Å². The Hall–Kier alpha value is -1.14. The summed E-state index contributed by atoms with van der Waals surface area (Å²) in [6, 6.07) is 1.64. The molecule has 82 valence electrons. The summed E-state index contributed by atoms with van der Waals surface area (Å²) in [5.74, 6) is 0.361. The van der Waals surface area contributed by atoms with Crippen molar-refractivity contribution >= 4 is 15.8 Å². The second kappa shape index (κ2) is 3.46. The molecule has 0 aliphatic heterocycles. The molecule has 0 bridgehead atoms. The van der Waals surface area contributed by atoms with Gasteiger partial charge in [-0.15, -0.1) is 0 Å². The number of aryl methyl sites for hydroxylation is 1. The highest BCUT2D eigenvalue weighted by molar-refractivity contribution is 7.89. The molecule has 5 nitrogen and oxygen atoms in total. The third-order valence-corrected chi connectivity index (χ3v) is 3.79. The first-order valence-corrected chi connectivity index (χ1v) is 6.22. The predicted molar refractivity (Wildman–Crippen MR) is 56.7 cm³/mol. The molecule has 3 N–H and O–H groups in total. The maximum absolute atomic E-state index is 11.8. The van der Waals surface area contributed by atoms with Crippen LogP contribution in [-0.2, 0) is 10.0 Å². The lowest BCUT2D eigenvalue weighted by atomic mass is 10.3. The Morgan fingerprint density at radius 1 is 1.53 bits per heavy atom. The van der Waals surface area contributed by atoms with E-state index in [9.17, 15) is 8.42 Å². The number of nitrogens with two attached hydrogens (primary N) is 1. The van der Waals surface area contributed by atoms with E-state index in [1.165, 1.54) is 12.3 Å². The van der Waals surface area contributed by atoms with E-state index in [2.05, 4.69) is 9.71 Å². The van der Waals surface area contributed by atoms with E-state index in [1.54, 1.807) is 6.92 Å². The topological polar surface area (TPSA) is 85.1 Å². The molecule has 15 heavy (non-hydrogen) atoms. The molecule has 2 rings (SSSR count). The van der Waals surface area contributed by atoms with E-state index >= 15 is 0 Å². The minimum absolute atomic E-state index is 0.104. The van der Waals surface area contributed by atoms with Gasteiger partial charge in [0.25, 0.3) is 0 Å². The molecular formula is C9H13N3O2S. The molecule has 0 amide bonds. The van der Waals surface area contributed by atoms with Crippen molar-refractivity contribution in [3.05, 3.63) is 17.8 Å². The Balaban J connectivity index is 2.31. The molecule has 0 saturated heterocycles. The van der Waals surface area contributed by atoms with Gasteiger partial charge < -0.3 is 5.73 Å².